The normalized spacial score (nSPS) is 22.9. The van der Waals surface area contributed by atoms with Gasteiger partial charge >= 0.3 is 0 Å². The van der Waals surface area contributed by atoms with E-state index in [-0.39, 0.29) is 12.0 Å². The molecule has 6 heteroatoms. The number of nitrogens with zero attached hydrogens (tertiary/aromatic N) is 2. The van der Waals surface area contributed by atoms with Gasteiger partial charge in [-0.15, -0.1) is 0 Å². The van der Waals surface area contributed by atoms with E-state index in [0.29, 0.717) is 21.8 Å². The number of hydrogen-bond donors (Lipinski definition) is 1. The fourth-order valence-electron chi connectivity index (χ4n) is 2.65. The number of aromatic nitrogens is 2. The van der Waals surface area contributed by atoms with Crippen molar-refractivity contribution in [2.75, 3.05) is 0 Å². The van der Waals surface area contributed by atoms with Crippen LogP contribution in [0.25, 0.3) is 11.4 Å². The van der Waals surface area contributed by atoms with Gasteiger partial charge in [0.25, 0.3) is 0 Å². The molecule has 1 aliphatic carbocycles. The van der Waals surface area contributed by atoms with E-state index in [2.05, 4.69) is 10.1 Å². The minimum Gasteiger partial charge on any atom is -0.339 e. The number of rotatable bonds is 2. The molecule has 1 aromatic heterocycles. The van der Waals surface area contributed by atoms with Crippen molar-refractivity contribution in [3.05, 3.63) is 34.1 Å². The van der Waals surface area contributed by atoms with Gasteiger partial charge in [0, 0.05) is 21.7 Å². The first-order valence-electron chi connectivity index (χ1n) is 6.69. The number of nitrogens with two attached hydrogens (primary N) is 1. The molecule has 2 unspecified atom stereocenters. The summed E-state index contributed by atoms with van der Waals surface area (Å²) in [7, 11) is 0. The van der Waals surface area contributed by atoms with Gasteiger partial charge in [0.15, 0.2) is 0 Å². The Bertz CT molecular complexity index is 594. The van der Waals surface area contributed by atoms with Crippen LogP contribution in [0, 0.1) is 0 Å². The Labute approximate surface area is 127 Å². The molecule has 106 valence electrons. The van der Waals surface area contributed by atoms with Crippen molar-refractivity contribution in [3.8, 4) is 11.4 Å². The number of benzene rings is 1. The maximum absolute atomic E-state index is 6.14. The summed E-state index contributed by atoms with van der Waals surface area (Å²) in [4.78, 5) is 4.46. The predicted molar refractivity (Wildman–Crippen MR) is 78.9 cm³/mol. The Morgan fingerprint density at radius 1 is 1.10 bits per heavy atom. The summed E-state index contributed by atoms with van der Waals surface area (Å²) in [5.74, 6) is 1.27. The third-order valence-corrected chi connectivity index (χ3v) is 4.14. The second-order valence-electron chi connectivity index (χ2n) is 5.17. The molecule has 3 rings (SSSR count). The molecule has 0 radical (unpaired) electrons. The maximum Gasteiger partial charge on any atom is 0.231 e. The van der Waals surface area contributed by atoms with Crippen molar-refractivity contribution in [1.82, 2.24) is 10.1 Å². The lowest BCUT2D eigenvalue weighted by Crippen LogP contribution is -2.31. The van der Waals surface area contributed by atoms with Crippen LogP contribution in [-0.4, -0.2) is 16.2 Å². The minimum atomic E-state index is 0.0972. The van der Waals surface area contributed by atoms with Gasteiger partial charge in [-0.1, -0.05) is 41.2 Å². The number of halogens is 2. The summed E-state index contributed by atoms with van der Waals surface area (Å²) in [5, 5.41) is 5.12. The Balaban J connectivity index is 1.89. The molecule has 0 amide bonds. The first kappa shape index (κ1) is 13.9. The first-order chi connectivity index (χ1) is 9.63. The average molecular weight is 312 g/mol. The molecule has 1 heterocycles. The molecule has 0 aliphatic heterocycles. The van der Waals surface area contributed by atoms with Crippen LogP contribution in [0.15, 0.2) is 22.7 Å². The first-order valence-corrected chi connectivity index (χ1v) is 7.45. The Kier molecular flexibility index (Phi) is 3.96. The quantitative estimate of drug-likeness (QED) is 0.909. The zero-order valence-electron chi connectivity index (χ0n) is 10.9. The molecule has 20 heavy (non-hydrogen) atoms. The van der Waals surface area contributed by atoms with E-state index >= 15 is 0 Å². The summed E-state index contributed by atoms with van der Waals surface area (Å²) < 4.78 is 5.38. The molecule has 0 saturated heterocycles. The zero-order valence-corrected chi connectivity index (χ0v) is 12.4. The summed E-state index contributed by atoms with van der Waals surface area (Å²) in [5.41, 5.74) is 6.89. The smallest absolute Gasteiger partial charge is 0.231 e. The SMILES string of the molecule is NC1CCCCC1c1nc(-c2cc(Cl)cc(Cl)c2)no1. The van der Waals surface area contributed by atoms with E-state index in [1.165, 1.54) is 6.42 Å². The van der Waals surface area contributed by atoms with E-state index in [1.54, 1.807) is 18.2 Å². The van der Waals surface area contributed by atoms with Crippen molar-refractivity contribution >= 4 is 23.2 Å². The predicted octanol–water partition coefficient (Wildman–Crippen LogP) is 4.03. The van der Waals surface area contributed by atoms with Crippen LogP contribution in [-0.2, 0) is 0 Å². The highest BCUT2D eigenvalue weighted by Gasteiger charge is 2.28. The molecular weight excluding hydrogens is 297 g/mol. The molecule has 1 saturated carbocycles. The summed E-state index contributed by atoms with van der Waals surface area (Å²) >= 11 is 12.0. The maximum atomic E-state index is 6.14. The molecule has 1 fully saturated rings. The highest BCUT2D eigenvalue weighted by molar-refractivity contribution is 6.35. The molecule has 2 N–H and O–H groups in total. The van der Waals surface area contributed by atoms with E-state index in [4.69, 9.17) is 33.5 Å². The van der Waals surface area contributed by atoms with Gasteiger partial charge < -0.3 is 10.3 Å². The van der Waals surface area contributed by atoms with Crippen LogP contribution in [0.3, 0.4) is 0 Å². The Morgan fingerprint density at radius 3 is 2.50 bits per heavy atom. The van der Waals surface area contributed by atoms with Gasteiger partial charge in [-0.25, -0.2) is 0 Å². The van der Waals surface area contributed by atoms with E-state index in [0.717, 1.165) is 24.8 Å². The Hall–Kier alpha value is -1.10. The van der Waals surface area contributed by atoms with Gasteiger partial charge in [-0.3, -0.25) is 0 Å². The molecule has 2 aromatic rings. The third-order valence-electron chi connectivity index (χ3n) is 3.70. The fourth-order valence-corrected chi connectivity index (χ4v) is 3.18. The van der Waals surface area contributed by atoms with Crippen LogP contribution in [0.1, 0.15) is 37.5 Å². The van der Waals surface area contributed by atoms with E-state index < -0.39 is 0 Å². The van der Waals surface area contributed by atoms with Crippen molar-refractivity contribution in [3.63, 3.8) is 0 Å². The Morgan fingerprint density at radius 2 is 1.80 bits per heavy atom. The van der Waals surface area contributed by atoms with Gasteiger partial charge in [0.2, 0.25) is 11.7 Å². The zero-order chi connectivity index (χ0) is 14.1. The third kappa shape index (κ3) is 2.82. The van der Waals surface area contributed by atoms with E-state index in [1.807, 2.05) is 0 Å². The van der Waals surface area contributed by atoms with Gasteiger partial charge in [0.05, 0.1) is 5.92 Å². The standard InChI is InChI=1S/C14H15Cl2N3O/c15-9-5-8(6-10(16)7-9)13-18-14(20-19-13)11-3-1-2-4-12(11)17/h5-7,11-12H,1-4,17H2. The second-order valence-corrected chi connectivity index (χ2v) is 6.04. The molecule has 4 nitrogen and oxygen atoms in total. The van der Waals surface area contributed by atoms with Gasteiger partial charge in [0.1, 0.15) is 0 Å². The minimum absolute atomic E-state index is 0.0972. The van der Waals surface area contributed by atoms with Crippen LogP contribution < -0.4 is 5.73 Å². The molecule has 0 bridgehead atoms. The van der Waals surface area contributed by atoms with Crippen molar-refractivity contribution in [1.29, 1.82) is 0 Å². The summed E-state index contributed by atoms with van der Waals surface area (Å²) in [6.07, 6.45) is 4.33. The van der Waals surface area contributed by atoms with Crippen LogP contribution in [0.5, 0.6) is 0 Å². The second kappa shape index (κ2) is 5.72. The van der Waals surface area contributed by atoms with Crippen molar-refractivity contribution < 1.29 is 4.52 Å². The highest BCUT2D eigenvalue weighted by Crippen LogP contribution is 2.32. The summed E-state index contributed by atoms with van der Waals surface area (Å²) in [6, 6.07) is 5.30. The fraction of sp³-hybridized carbons (Fsp3) is 0.429. The largest absolute Gasteiger partial charge is 0.339 e. The van der Waals surface area contributed by atoms with Crippen LogP contribution in [0.2, 0.25) is 10.0 Å². The summed E-state index contributed by atoms with van der Waals surface area (Å²) in [6.45, 7) is 0. The van der Waals surface area contributed by atoms with E-state index in [9.17, 15) is 0 Å². The molecule has 1 aliphatic rings. The van der Waals surface area contributed by atoms with Crippen LogP contribution in [0.4, 0.5) is 0 Å². The highest BCUT2D eigenvalue weighted by atomic mass is 35.5. The van der Waals surface area contributed by atoms with Crippen molar-refractivity contribution in [2.45, 2.75) is 37.6 Å². The lowest BCUT2D eigenvalue weighted by molar-refractivity contribution is 0.290. The molecule has 1 aromatic carbocycles. The molecular formula is C14H15Cl2N3O. The van der Waals surface area contributed by atoms with Crippen LogP contribution >= 0.6 is 23.2 Å². The van der Waals surface area contributed by atoms with Gasteiger partial charge in [-0.05, 0) is 31.0 Å². The van der Waals surface area contributed by atoms with Crippen molar-refractivity contribution in [2.24, 2.45) is 5.73 Å². The topological polar surface area (TPSA) is 64.9 Å². The molecule has 2 atom stereocenters. The lowest BCUT2D eigenvalue weighted by Gasteiger charge is -2.25. The van der Waals surface area contributed by atoms with Gasteiger partial charge in [-0.2, -0.15) is 4.98 Å². The average Bonchev–Trinajstić information content (AvgIpc) is 2.87. The monoisotopic (exact) mass is 311 g/mol. The molecule has 0 spiro atoms. The number of hydrogen-bond acceptors (Lipinski definition) is 4. The lowest BCUT2D eigenvalue weighted by atomic mass is 9.85.